The van der Waals surface area contributed by atoms with Crippen molar-refractivity contribution < 1.29 is 0 Å². The number of nitrogens with two attached hydrogens (primary N) is 1. The lowest BCUT2D eigenvalue weighted by Gasteiger charge is -2.09. The molecule has 0 saturated heterocycles. The van der Waals surface area contributed by atoms with Crippen molar-refractivity contribution in [2.24, 2.45) is 5.73 Å². The predicted molar refractivity (Wildman–Crippen MR) is 60.0 cm³/mol. The van der Waals surface area contributed by atoms with Crippen LogP contribution in [0.1, 0.15) is 18.2 Å². The van der Waals surface area contributed by atoms with Crippen molar-refractivity contribution in [2.45, 2.75) is 12.5 Å². The molecule has 0 radical (unpaired) electrons. The summed E-state index contributed by atoms with van der Waals surface area (Å²) >= 11 is 6.69. The average Bonchev–Trinajstić information content (AvgIpc) is 2.04. The molecule has 0 bridgehead atoms. The molecule has 0 aliphatic rings. The Morgan fingerprint density at radius 3 is 2.85 bits per heavy atom. The van der Waals surface area contributed by atoms with Crippen molar-refractivity contribution in [3.05, 3.63) is 26.9 Å². The molecule has 0 saturated carbocycles. The fourth-order valence-electron chi connectivity index (χ4n) is 0.922. The maximum atomic E-state index is 5.81. The van der Waals surface area contributed by atoms with Gasteiger partial charge in [0.25, 0.3) is 0 Å². The molecule has 13 heavy (non-hydrogen) atoms. The zero-order valence-corrected chi connectivity index (χ0v) is 9.97. The Hall–Kier alpha value is -0.370. The average molecular weight is 304 g/mol. The minimum atomic E-state index is -0.201. The van der Waals surface area contributed by atoms with E-state index in [1.165, 1.54) is 0 Å². The van der Waals surface area contributed by atoms with Crippen molar-refractivity contribution in [2.75, 3.05) is 0 Å². The van der Waals surface area contributed by atoms with Crippen LogP contribution in [0.4, 0.5) is 0 Å². The maximum Gasteiger partial charge on any atom is 0.0723 e. The summed E-state index contributed by atoms with van der Waals surface area (Å²) in [5.41, 5.74) is 6.60. The second-order valence-corrected chi connectivity index (χ2v) is 4.31. The van der Waals surface area contributed by atoms with Gasteiger partial charge in [-0.2, -0.15) is 0 Å². The molecule has 0 aliphatic heterocycles. The molecule has 2 nitrogen and oxygen atoms in total. The first-order chi connectivity index (χ1) is 6.15. The highest BCUT2D eigenvalue weighted by molar-refractivity contribution is 9.11. The van der Waals surface area contributed by atoms with Crippen LogP contribution in [0.15, 0.2) is 21.2 Å². The van der Waals surface area contributed by atoms with Gasteiger partial charge in [-0.15, -0.1) is 12.3 Å². The lowest BCUT2D eigenvalue weighted by atomic mass is 10.1. The van der Waals surface area contributed by atoms with E-state index in [0.29, 0.717) is 6.42 Å². The number of pyridine rings is 1. The quantitative estimate of drug-likeness (QED) is 0.853. The van der Waals surface area contributed by atoms with E-state index in [0.717, 1.165) is 14.6 Å². The molecule has 0 spiro atoms. The van der Waals surface area contributed by atoms with Crippen LogP contribution >= 0.6 is 31.9 Å². The minimum Gasteiger partial charge on any atom is -0.322 e. The van der Waals surface area contributed by atoms with E-state index >= 15 is 0 Å². The van der Waals surface area contributed by atoms with Gasteiger partial charge in [0.2, 0.25) is 0 Å². The Bertz CT molecular complexity index is 344. The summed E-state index contributed by atoms with van der Waals surface area (Å²) in [5.74, 6) is 2.51. The number of rotatable bonds is 2. The summed E-state index contributed by atoms with van der Waals surface area (Å²) in [7, 11) is 0. The highest BCUT2D eigenvalue weighted by atomic mass is 79.9. The molecule has 1 unspecified atom stereocenters. The fraction of sp³-hybridized carbons (Fsp3) is 0.222. The predicted octanol–water partition coefficient (Wildman–Crippen LogP) is 2.63. The molecule has 1 atom stereocenters. The van der Waals surface area contributed by atoms with E-state index in [4.69, 9.17) is 12.2 Å². The third kappa shape index (κ3) is 2.80. The van der Waals surface area contributed by atoms with Crippen LogP contribution in [-0.2, 0) is 0 Å². The largest absolute Gasteiger partial charge is 0.322 e. The van der Waals surface area contributed by atoms with Gasteiger partial charge in [-0.3, -0.25) is 4.98 Å². The molecule has 0 aliphatic carbocycles. The third-order valence-electron chi connectivity index (χ3n) is 1.53. The number of terminal acetylenes is 1. The number of nitrogens with zero attached hydrogens (tertiary/aromatic N) is 1. The van der Waals surface area contributed by atoms with E-state index in [2.05, 4.69) is 42.8 Å². The molecule has 4 heteroatoms. The lowest BCUT2D eigenvalue weighted by molar-refractivity contribution is 0.720. The van der Waals surface area contributed by atoms with Gasteiger partial charge in [-0.25, -0.2) is 0 Å². The normalized spacial score (nSPS) is 12.2. The second kappa shape index (κ2) is 4.75. The summed E-state index contributed by atoms with van der Waals surface area (Å²) in [5, 5.41) is 0. The Balaban J connectivity index is 2.96. The van der Waals surface area contributed by atoms with Gasteiger partial charge in [-0.05, 0) is 37.9 Å². The Labute approximate surface area is 94.2 Å². The fourth-order valence-corrected chi connectivity index (χ4v) is 2.20. The van der Waals surface area contributed by atoms with Crippen LogP contribution in [0, 0.1) is 12.3 Å². The molecule has 1 rings (SSSR count). The Kier molecular flexibility index (Phi) is 3.91. The molecule has 1 aromatic heterocycles. The third-order valence-corrected chi connectivity index (χ3v) is 2.59. The van der Waals surface area contributed by atoms with E-state index in [9.17, 15) is 0 Å². The number of halogens is 2. The van der Waals surface area contributed by atoms with Crippen LogP contribution in [0.3, 0.4) is 0 Å². The summed E-state index contributed by atoms with van der Waals surface area (Å²) in [6.45, 7) is 0. The van der Waals surface area contributed by atoms with Crippen LogP contribution in [0.2, 0.25) is 0 Å². The molecule has 1 heterocycles. The van der Waals surface area contributed by atoms with Crippen molar-refractivity contribution >= 4 is 31.9 Å². The van der Waals surface area contributed by atoms with Gasteiger partial charge in [-0.1, -0.05) is 0 Å². The van der Waals surface area contributed by atoms with Gasteiger partial charge in [0.15, 0.2) is 0 Å². The monoisotopic (exact) mass is 302 g/mol. The van der Waals surface area contributed by atoms with Crippen molar-refractivity contribution in [3.63, 3.8) is 0 Å². The first kappa shape index (κ1) is 10.7. The molecule has 0 fully saturated rings. The minimum absolute atomic E-state index is 0.201. The lowest BCUT2D eigenvalue weighted by Crippen LogP contribution is -2.11. The highest BCUT2D eigenvalue weighted by Crippen LogP contribution is 2.24. The molecule has 1 aromatic rings. The standard InChI is InChI=1S/C9H8Br2N2/c1-2-3-8(12)9-7(11)4-6(10)5-13-9/h1,4-5,8H,3,12H2. The zero-order chi connectivity index (χ0) is 9.84. The van der Waals surface area contributed by atoms with Gasteiger partial charge in [0.1, 0.15) is 0 Å². The van der Waals surface area contributed by atoms with E-state index in [-0.39, 0.29) is 6.04 Å². The summed E-state index contributed by atoms with van der Waals surface area (Å²) < 4.78 is 1.79. The molecule has 0 amide bonds. The van der Waals surface area contributed by atoms with Gasteiger partial charge >= 0.3 is 0 Å². The van der Waals surface area contributed by atoms with Gasteiger partial charge in [0.05, 0.1) is 11.7 Å². The summed E-state index contributed by atoms with van der Waals surface area (Å²) in [4.78, 5) is 4.18. The van der Waals surface area contributed by atoms with E-state index < -0.39 is 0 Å². The summed E-state index contributed by atoms with van der Waals surface area (Å²) in [6.07, 6.45) is 7.36. The van der Waals surface area contributed by atoms with E-state index in [1.807, 2.05) is 6.07 Å². The van der Waals surface area contributed by atoms with Crippen molar-refractivity contribution in [1.82, 2.24) is 4.98 Å². The molecule has 2 N–H and O–H groups in total. The molecule has 0 aromatic carbocycles. The number of aromatic nitrogens is 1. The SMILES string of the molecule is C#CCC(N)c1ncc(Br)cc1Br. The number of hydrogen-bond donors (Lipinski definition) is 1. The zero-order valence-electron chi connectivity index (χ0n) is 6.80. The van der Waals surface area contributed by atoms with Gasteiger partial charge < -0.3 is 5.73 Å². The Morgan fingerprint density at radius 2 is 2.31 bits per heavy atom. The highest BCUT2D eigenvalue weighted by Gasteiger charge is 2.10. The van der Waals surface area contributed by atoms with E-state index in [1.54, 1.807) is 6.20 Å². The van der Waals surface area contributed by atoms with Gasteiger partial charge in [0, 0.05) is 21.6 Å². The molecule has 68 valence electrons. The van der Waals surface area contributed by atoms with Crippen molar-refractivity contribution in [1.29, 1.82) is 0 Å². The second-order valence-electron chi connectivity index (χ2n) is 2.54. The first-order valence-corrected chi connectivity index (χ1v) is 5.23. The molecular weight excluding hydrogens is 296 g/mol. The van der Waals surface area contributed by atoms with Crippen molar-refractivity contribution in [3.8, 4) is 12.3 Å². The smallest absolute Gasteiger partial charge is 0.0723 e. The topological polar surface area (TPSA) is 38.9 Å². The van der Waals surface area contributed by atoms with Crippen LogP contribution < -0.4 is 5.73 Å². The maximum absolute atomic E-state index is 5.81. The van der Waals surface area contributed by atoms with Crippen LogP contribution in [0.5, 0.6) is 0 Å². The van der Waals surface area contributed by atoms with Crippen LogP contribution in [0.25, 0.3) is 0 Å². The Morgan fingerprint density at radius 1 is 1.62 bits per heavy atom. The molecular formula is C9H8Br2N2. The number of hydrogen-bond acceptors (Lipinski definition) is 2. The van der Waals surface area contributed by atoms with Crippen LogP contribution in [-0.4, -0.2) is 4.98 Å². The summed E-state index contributed by atoms with van der Waals surface area (Å²) in [6, 6.07) is 1.70. The first-order valence-electron chi connectivity index (χ1n) is 3.65.